The molecule has 3 N–H and O–H groups in total. The Morgan fingerprint density at radius 3 is 2.75 bits per heavy atom. The molecule has 0 bridgehead atoms. The molecular weight excluding hydrogens is 354 g/mol. The van der Waals surface area contributed by atoms with Gasteiger partial charge in [0.1, 0.15) is 6.54 Å². The number of aliphatic imine (C=N–C) groups is 1. The average molecular weight is 390 g/mol. The van der Waals surface area contributed by atoms with Crippen molar-refractivity contribution in [2.75, 3.05) is 39.9 Å². The maximum Gasteiger partial charge on any atom is 0.241 e. The van der Waals surface area contributed by atoms with Gasteiger partial charge in [-0.2, -0.15) is 0 Å². The normalized spacial score (nSPS) is 20.6. The number of hydrogen-bond acceptors (Lipinski definition) is 4. The molecule has 1 amide bonds. The number of hydrogen-bond donors (Lipinski definition) is 3. The van der Waals surface area contributed by atoms with Crippen molar-refractivity contribution in [2.24, 2.45) is 4.99 Å². The third kappa shape index (κ3) is 7.86. The molecule has 28 heavy (non-hydrogen) atoms. The third-order valence-corrected chi connectivity index (χ3v) is 4.94. The van der Waals surface area contributed by atoms with E-state index in [9.17, 15) is 4.79 Å². The van der Waals surface area contributed by atoms with Gasteiger partial charge < -0.3 is 20.7 Å². The van der Waals surface area contributed by atoms with Gasteiger partial charge in [-0.05, 0) is 32.3 Å². The third-order valence-electron chi connectivity index (χ3n) is 4.94. The molecule has 1 fully saturated rings. The minimum Gasteiger partial charge on any atom is -0.383 e. The number of carbonyl (C=O) groups is 1. The molecule has 7 nitrogen and oxygen atoms in total. The van der Waals surface area contributed by atoms with E-state index in [2.05, 4.69) is 63.1 Å². The first-order valence-corrected chi connectivity index (χ1v) is 10.2. The summed E-state index contributed by atoms with van der Waals surface area (Å²) in [4.78, 5) is 18.8. The second kappa shape index (κ2) is 12.4. The second-order valence-corrected chi connectivity index (χ2v) is 7.21. The van der Waals surface area contributed by atoms with Crippen LogP contribution in [0.3, 0.4) is 0 Å². The fraction of sp³-hybridized carbons (Fsp3) is 0.619. The fourth-order valence-corrected chi connectivity index (χ4v) is 3.42. The maximum absolute atomic E-state index is 11.9. The monoisotopic (exact) mass is 389 g/mol. The minimum atomic E-state index is -0.0969. The number of nitrogens with one attached hydrogen (secondary N) is 3. The van der Waals surface area contributed by atoms with E-state index in [0.29, 0.717) is 31.2 Å². The van der Waals surface area contributed by atoms with Gasteiger partial charge in [-0.15, -0.1) is 0 Å². The molecular formula is C21H35N5O2. The molecule has 0 aromatic heterocycles. The van der Waals surface area contributed by atoms with Crippen LogP contribution in [-0.2, 0) is 16.1 Å². The minimum absolute atomic E-state index is 0.0969. The van der Waals surface area contributed by atoms with E-state index in [-0.39, 0.29) is 12.5 Å². The van der Waals surface area contributed by atoms with Crippen molar-refractivity contribution in [3.8, 4) is 0 Å². The lowest BCUT2D eigenvalue weighted by atomic mass is 9.97. The number of methoxy groups -OCH3 is 1. The molecule has 1 heterocycles. The molecule has 0 saturated carbocycles. The summed E-state index contributed by atoms with van der Waals surface area (Å²) in [6, 6.07) is 11.5. The van der Waals surface area contributed by atoms with E-state index in [1.807, 2.05) is 6.92 Å². The first-order valence-electron chi connectivity index (χ1n) is 10.2. The van der Waals surface area contributed by atoms with Gasteiger partial charge in [0, 0.05) is 45.4 Å². The zero-order chi connectivity index (χ0) is 20.2. The van der Waals surface area contributed by atoms with E-state index in [1.54, 1.807) is 7.11 Å². The van der Waals surface area contributed by atoms with Crippen LogP contribution in [0.5, 0.6) is 0 Å². The summed E-state index contributed by atoms with van der Waals surface area (Å²) < 4.78 is 4.93. The fourth-order valence-electron chi connectivity index (χ4n) is 3.42. The van der Waals surface area contributed by atoms with Crippen LogP contribution in [0.4, 0.5) is 0 Å². The number of guanidine groups is 1. The van der Waals surface area contributed by atoms with Crippen molar-refractivity contribution in [1.82, 2.24) is 20.9 Å². The SMILES string of the molecule is CCNC(=NCC(=O)NCCOC)NC1CCN(Cc2ccccc2)C(C)C1. The molecule has 1 aromatic carbocycles. The van der Waals surface area contributed by atoms with Crippen LogP contribution in [-0.4, -0.2) is 68.7 Å². The van der Waals surface area contributed by atoms with Gasteiger partial charge >= 0.3 is 0 Å². The highest BCUT2D eigenvalue weighted by atomic mass is 16.5. The number of benzene rings is 1. The first-order chi connectivity index (χ1) is 13.6. The molecule has 2 unspecified atom stereocenters. The number of ether oxygens (including phenoxy) is 1. The predicted octanol–water partition coefficient (Wildman–Crippen LogP) is 1.36. The Labute approximate surface area is 168 Å². The van der Waals surface area contributed by atoms with Gasteiger partial charge in [-0.1, -0.05) is 30.3 Å². The van der Waals surface area contributed by atoms with Crippen LogP contribution in [0.25, 0.3) is 0 Å². The molecule has 2 atom stereocenters. The molecule has 2 rings (SSSR count). The van der Waals surface area contributed by atoms with Crippen LogP contribution in [0.2, 0.25) is 0 Å². The Kier molecular flexibility index (Phi) is 9.79. The van der Waals surface area contributed by atoms with Crippen molar-refractivity contribution < 1.29 is 9.53 Å². The van der Waals surface area contributed by atoms with E-state index >= 15 is 0 Å². The summed E-state index contributed by atoms with van der Waals surface area (Å²) in [5.74, 6) is 0.610. The Hall–Kier alpha value is -2.12. The van der Waals surface area contributed by atoms with Crippen LogP contribution in [0.1, 0.15) is 32.3 Å². The van der Waals surface area contributed by atoms with E-state index in [4.69, 9.17) is 4.74 Å². The number of carbonyl (C=O) groups excluding carboxylic acids is 1. The second-order valence-electron chi connectivity index (χ2n) is 7.21. The smallest absolute Gasteiger partial charge is 0.241 e. The lowest BCUT2D eigenvalue weighted by Gasteiger charge is -2.38. The van der Waals surface area contributed by atoms with E-state index < -0.39 is 0 Å². The predicted molar refractivity (Wildman–Crippen MR) is 113 cm³/mol. The summed E-state index contributed by atoms with van der Waals surface area (Å²) in [5, 5.41) is 9.53. The molecule has 7 heteroatoms. The Morgan fingerprint density at radius 1 is 1.29 bits per heavy atom. The molecule has 1 aromatic rings. The topological polar surface area (TPSA) is 78.0 Å². The Bertz CT molecular complexity index is 608. The molecule has 0 radical (unpaired) electrons. The standard InChI is InChI=1S/C21H35N5O2/c1-4-22-21(24-15-20(27)23-11-13-28-3)25-19-10-12-26(17(2)14-19)16-18-8-6-5-7-9-18/h5-9,17,19H,4,10-16H2,1-3H3,(H,23,27)(H2,22,24,25). The van der Waals surface area contributed by atoms with E-state index in [1.165, 1.54) is 5.56 Å². The summed E-state index contributed by atoms with van der Waals surface area (Å²) in [5.41, 5.74) is 1.36. The highest BCUT2D eigenvalue weighted by Crippen LogP contribution is 2.19. The van der Waals surface area contributed by atoms with Crippen molar-refractivity contribution in [1.29, 1.82) is 0 Å². The largest absolute Gasteiger partial charge is 0.383 e. The summed E-state index contributed by atoms with van der Waals surface area (Å²) >= 11 is 0. The van der Waals surface area contributed by atoms with Crippen molar-refractivity contribution in [3.05, 3.63) is 35.9 Å². The quantitative estimate of drug-likeness (QED) is 0.338. The highest BCUT2D eigenvalue weighted by Gasteiger charge is 2.26. The zero-order valence-corrected chi connectivity index (χ0v) is 17.4. The summed E-state index contributed by atoms with van der Waals surface area (Å²) in [6.45, 7) is 8.24. The van der Waals surface area contributed by atoms with Gasteiger partial charge in [-0.3, -0.25) is 9.69 Å². The maximum atomic E-state index is 11.9. The molecule has 0 spiro atoms. The van der Waals surface area contributed by atoms with Gasteiger partial charge in [0.15, 0.2) is 5.96 Å². The Balaban J connectivity index is 1.81. The van der Waals surface area contributed by atoms with Crippen molar-refractivity contribution in [2.45, 2.75) is 45.3 Å². The van der Waals surface area contributed by atoms with E-state index in [0.717, 1.165) is 32.5 Å². The Morgan fingerprint density at radius 2 is 2.07 bits per heavy atom. The van der Waals surface area contributed by atoms with Crippen molar-refractivity contribution >= 4 is 11.9 Å². The molecule has 0 aliphatic carbocycles. The highest BCUT2D eigenvalue weighted by molar-refractivity contribution is 5.85. The lowest BCUT2D eigenvalue weighted by molar-refractivity contribution is -0.119. The number of nitrogens with zero attached hydrogens (tertiary/aromatic N) is 2. The summed E-state index contributed by atoms with van der Waals surface area (Å²) in [6.07, 6.45) is 2.11. The molecule has 1 aliphatic heterocycles. The number of amides is 1. The average Bonchev–Trinajstić information content (AvgIpc) is 2.69. The van der Waals surface area contributed by atoms with Crippen LogP contribution in [0.15, 0.2) is 35.3 Å². The van der Waals surface area contributed by atoms with Gasteiger partial charge in [0.25, 0.3) is 0 Å². The lowest BCUT2D eigenvalue weighted by Crippen LogP contribution is -2.51. The first kappa shape index (κ1) is 22.2. The molecule has 1 saturated heterocycles. The van der Waals surface area contributed by atoms with Crippen LogP contribution >= 0.6 is 0 Å². The molecule has 156 valence electrons. The number of piperidine rings is 1. The van der Waals surface area contributed by atoms with Gasteiger partial charge in [0.05, 0.1) is 6.61 Å². The van der Waals surface area contributed by atoms with Gasteiger partial charge in [-0.25, -0.2) is 4.99 Å². The van der Waals surface area contributed by atoms with Crippen LogP contribution < -0.4 is 16.0 Å². The number of likely N-dealkylation sites (tertiary alicyclic amines) is 1. The summed E-state index contributed by atoms with van der Waals surface area (Å²) in [7, 11) is 1.61. The van der Waals surface area contributed by atoms with Crippen molar-refractivity contribution in [3.63, 3.8) is 0 Å². The molecule has 1 aliphatic rings. The van der Waals surface area contributed by atoms with Gasteiger partial charge in [0.2, 0.25) is 5.91 Å². The zero-order valence-electron chi connectivity index (χ0n) is 17.4. The number of rotatable bonds is 9. The van der Waals surface area contributed by atoms with Crippen LogP contribution in [0, 0.1) is 0 Å².